The standard InChI is InChI=1S/C22H15F4NO5/c1-31-21(28)18-12-17(27(29)30)10-11-19(18)32-20(14-4-8-16(23)9-5-14)13-2-6-15(7-3-13)22(24,25)26/h2-12,20H,1H3. The second-order valence-corrected chi connectivity index (χ2v) is 6.60. The van der Waals surface area contributed by atoms with Crippen LogP contribution in [0.25, 0.3) is 0 Å². The van der Waals surface area contributed by atoms with Gasteiger partial charge < -0.3 is 9.47 Å². The zero-order chi connectivity index (χ0) is 23.5. The van der Waals surface area contributed by atoms with Gasteiger partial charge in [0.15, 0.2) is 0 Å². The van der Waals surface area contributed by atoms with Crippen molar-refractivity contribution in [2.45, 2.75) is 12.3 Å². The topological polar surface area (TPSA) is 78.7 Å². The van der Waals surface area contributed by atoms with E-state index in [9.17, 15) is 32.5 Å². The zero-order valence-corrected chi connectivity index (χ0v) is 16.4. The molecular formula is C22H15F4NO5. The monoisotopic (exact) mass is 449 g/mol. The molecule has 1 atom stereocenters. The Bertz CT molecular complexity index is 1130. The highest BCUT2D eigenvalue weighted by Gasteiger charge is 2.31. The number of nitro groups is 1. The van der Waals surface area contributed by atoms with Gasteiger partial charge in [-0.1, -0.05) is 24.3 Å². The van der Waals surface area contributed by atoms with E-state index in [-0.39, 0.29) is 22.6 Å². The van der Waals surface area contributed by atoms with Crippen molar-refractivity contribution in [1.82, 2.24) is 0 Å². The number of non-ortho nitro benzene ring substituents is 1. The molecule has 0 aliphatic heterocycles. The number of esters is 1. The summed E-state index contributed by atoms with van der Waals surface area (Å²) in [4.78, 5) is 22.5. The number of rotatable bonds is 6. The van der Waals surface area contributed by atoms with E-state index in [0.29, 0.717) is 5.56 Å². The molecule has 32 heavy (non-hydrogen) atoms. The Morgan fingerprint density at radius 2 is 1.53 bits per heavy atom. The number of carbonyl (C=O) groups excluding carboxylic acids is 1. The molecule has 10 heteroatoms. The Morgan fingerprint density at radius 3 is 2.03 bits per heavy atom. The molecule has 0 N–H and O–H groups in total. The van der Waals surface area contributed by atoms with E-state index in [4.69, 9.17) is 4.74 Å². The Kier molecular flexibility index (Phi) is 6.42. The largest absolute Gasteiger partial charge is 0.480 e. The summed E-state index contributed by atoms with van der Waals surface area (Å²) in [7, 11) is 1.08. The normalized spacial score (nSPS) is 12.2. The number of hydrogen-bond acceptors (Lipinski definition) is 5. The Hall–Kier alpha value is -3.95. The van der Waals surface area contributed by atoms with E-state index in [0.717, 1.165) is 43.5 Å². The van der Waals surface area contributed by atoms with Crippen LogP contribution in [-0.4, -0.2) is 18.0 Å². The third-order valence-electron chi connectivity index (χ3n) is 4.54. The molecule has 0 aliphatic carbocycles. The quantitative estimate of drug-likeness (QED) is 0.209. The van der Waals surface area contributed by atoms with Gasteiger partial charge in [-0.05, 0) is 41.5 Å². The molecule has 0 fully saturated rings. The average molecular weight is 449 g/mol. The molecule has 0 heterocycles. The highest BCUT2D eigenvalue weighted by molar-refractivity contribution is 5.93. The van der Waals surface area contributed by atoms with Crippen molar-refractivity contribution in [3.8, 4) is 5.75 Å². The second kappa shape index (κ2) is 9.04. The fraction of sp³-hybridized carbons (Fsp3) is 0.136. The minimum Gasteiger partial charge on any atom is -0.480 e. The summed E-state index contributed by atoms with van der Waals surface area (Å²) in [5.41, 5.74) is -0.852. The first-order valence-corrected chi connectivity index (χ1v) is 9.06. The van der Waals surface area contributed by atoms with E-state index in [2.05, 4.69) is 4.74 Å². The fourth-order valence-electron chi connectivity index (χ4n) is 2.94. The molecule has 0 amide bonds. The number of benzene rings is 3. The van der Waals surface area contributed by atoms with Gasteiger partial charge in [0.2, 0.25) is 0 Å². The van der Waals surface area contributed by atoms with Crippen molar-refractivity contribution >= 4 is 11.7 Å². The number of nitro benzene ring substituents is 1. The van der Waals surface area contributed by atoms with Crippen LogP contribution < -0.4 is 4.74 Å². The smallest absolute Gasteiger partial charge is 0.416 e. The molecule has 0 saturated heterocycles. The number of alkyl halides is 3. The summed E-state index contributed by atoms with van der Waals surface area (Å²) in [6, 6.07) is 12.4. The molecule has 0 saturated carbocycles. The van der Waals surface area contributed by atoms with Gasteiger partial charge in [0.05, 0.1) is 17.6 Å². The zero-order valence-electron chi connectivity index (χ0n) is 16.4. The third-order valence-corrected chi connectivity index (χ3v) is 4.54. The molecule has 0 aliphatic rings. The van der Waals surface area contributed by atoms with Gasteiger partial charge in [0, 0.05) is 12.1 Å². The number of methoxy groups -OCH3 is 1. The van der Waals surface area contributed by atoms with Crippen molar-refractivity contribution in [2.24, 2.45) is 0 Å². The van der Waals surface area contributed by atoms with Gasteiger partial charge in [0.1, 0.15) is 23.2 Å². The van der Waals surface area contributed by atoms with Crippen LogP contribution in [0.2, 0.25) is 0 Å². The molecule has 166 valence electrons. The molecule has 3 aromatic carbocycles. The molecule has 0 bridgehead atoms. The maximum Gasteiger partial charge on any atom is 0.416 e. The van der Waals surface area contributed by atoms with Crippen molar-refractivity contribution in [1.29, 1.82) is 0 Å². The van der Waals surface area contributed by atoms with Crippen LogP contribution in [0.3, 0.4) is 0 Å². The summed E-state index contributed by atoms with van der Waals surface area (Å²) in [5, 5.41) is 11.1. The van der Waals surface area contributed by atoms with Crippen LogP contribution in [-0.2, 0) is 10.9 Å². The first-order valence-electron chi connectivity index (χ1n) is 9.06. The van der Waals surface area contributed by atoms with Crippen LogP contribution in [0, 0.1) is 15.9 Å². The minimum atomic E-state index is -4.54. The van der Waals surface area contributed by atoms with Crippen molar-refractivity contribution in [3.05, 3.63) is 105 Å². The first-order chi connectivity index (χ1) is 15.1. The molecule has 6 nitrogen and oxygen atoms in total. The van der Waals surface area contributed by atoms with Crippen LogP contribution in [0.4, 0.5) is 23.2 Å². The summed E-state index contributed by atoms with van der Waals surface area (Å²) in [6.45, 7) is 0. The van der Waals surface area contributed by atoms with Gasteiger partial charge in [0.25, 0.3) is 5.69 Å². The number of nitrogens with zero attached hydrogens (tertiary/aromatic N) is 1. The van der Waals surface area contributed by atoms with E-state index in [1.54, 1.807) is 0 Å². The first kappa shape index (κ1) is 22.7. The van der Waals surface area contributed by atoms with Crippen LogP contribution >= 0.6 is 0 Å². The Labute approximate surface area is 179 Å². The SMILES string of the molecule is COC(=O)c1cc([N+](=O)[O-])ccc1OC(c1ccc(F)cc1)c1ccc(C(F)(F)F)cc1. The van der Waals surface area contributed by atoms with Crippen LogP contribution in [0.5, 0.6) is 5.75 Å². The number of ether oxygens (including phenoxy) is 2. The van der Waals surface area contributed by atoms with Crippen molar-refractivity contribution < 1.29 is 36.8 Å². The highest BCUT2D eigenvalue weighted by Crippen LogP contribution is 2.35. The van der Waals surface area contributed by atoms with E-state index in [1.165, 1.54) is 30.3 Å². The summed E-state index contributed by atoms with van der Waals surface area (Å²) < 4.78 is 62.8. The molecule has 1 unspecified atom stereocenters. The Morgan fingerprint density at radius 1 is 0.969 bits per heavy atom. The maximum atomic E-state index is 13.4. The molecule has 0 aromatic heterocycles. The van der Waals surface area contributed by atoms with Crippen LogP contribution in [0.1, 0.15) is 33.2 Å². The second-order valence-electron chi connectivity index (χ2n) is 6.60. The highest BCUT2D eigenvalue weighted by atomic mass is 19.4. The summed E-state index contributed by atoms with van der Waals surface area (Å²) >= 11 is 0. The lowest BCUT2D eigenvalue weighted by Gasteiger charge is -2.22. The number of hydrogen-bond donors (Lipinski definition) is 0. The van der Waals surface area contributed by atoms with Crippen LogP contribution in [0.15, 0.2) is 66.7 Å². The molecule has 0 spiro atoms. The summed E-state index contributed by atoms with van der Waals surface area (Å²) in [5.74, 6) is -1.55. The Balaban J connectivity index is 2.08. The fourth-order valence-corrected chi connectivity index (χ4v) is 2.94. The lowest BCUT2D eigenvalue weighted by atomic mass is 9.99. The minimum absolute atomic E-state index is 0.100. The van der Waals surface area contributed by atoms with Gasteiger partial charge in [-0.2, -0.15) is 13.2 Å². The molecule has 3 aromatic rings. The lowest BCUT2D eigenvalue weighted by Crippen LogP contribution is -2.14. The lowest BCUT2D eigenvalue weighted by molar-refractivity contribution is -0.384. The van der Waals surface area contributed by atoms with Gasteiger partial charge in [-0.15, -0.1) is 0 Å². The maximum absolute atomic E-state index is 13.4. The predicted octanol–water partition coefficient (Wildman–Crippen LogP) is 5.71. The van der Waals surface area contributed by atoms with Gasteiger partial charge in [-0.25, -0.2) is 9.18 Å². The summed E-state index contributed by atoms with van der Waals surface area (Å²) in [6.07, 6.45) is -5.59. The number of halogens is 4. The predicted molar refractivity (Wildman–Crippen MR) is 105 cm³/mol. The van der Waals surface area contributed by atoms with Crippen molar-refractivity contribution in [2.75, 3.05) is 7.11 Å². The molecule has 3 rings (SSSR count). The van der Waals surface area contributed by atoms with Crippen molar-refractivity contribution in [3.63, 3.8) is 0 Å². The van der Waals surface area contributed by atoms with E-state index >= 15 is 0 Å². The van der Waals surface area contributed by atoms with E-state index in [1.807, 2.05) is 0 Å². The number of carbonyl (C=O) groups is 1. The molecular weight excluding hydrogens is 434 g/mol. The molecule has 0 radical (unpaired) electrons. The third kappa shape index (κ3) is 5.02. The average Bonchev–Trinajstić information content (AvgIpc) is 2.77. The van der Waals surface area contributed by atoms with E-state index < -0.39 is 34.6 Å². The van der Waals surface area contributed by atoms with Gasteiger partial charge in [-0.3, -0.25) is 10.1 Å². The van der Waals surface area contributed by atoms with Gasteiger partial charge >= 0.3 is 12.1 Å².